The van der Waals surface area contributed by atoms with E-state index >= 15 is 0 Å². The summed E-state index contributed by atoms with van der Waals surface area (Å²) in [6.07, 6.45) is 9.57. The molecule has 0 spiro atoms. The zero-order valence-corrected chi connectivity index (χ0v) is 16.8. The highest BCUT2D eigenvalue weighted by Gasteiger charge is 2.36. The highest BCUT2D eigenvalue weighted by molar-refractivity contribution is 6.29. The van der Waals surface area contributed by atoms with Crippen molar-refractivity contribution in [1.82, 2.24) is 14.8 Å². The Morgan fingerprint density at radius 3 is 2.64 bits per heavy atom. The summed E-state index contributed by atoms with van der Waals surface area (Å²) in [4.78, 5) is 2.62. The predicted octanol–water partition coefficient (Wildman–Crippen LogP) is 4.48. The topological polar surface area (TPSA) is 46.2 Å². The van der Waals surface area contributed by atoms with E-state index in [-0.39, 0.29) is 11.0 Å². The average Bonchev–Trinajstić information content (AvgIpc) is 3.06. The van der Waals surface area contributed by atoms with E-state index in [1.165, 1.54) is 31.9 Å². The lowest BCUT2D eigenvalue weighted by atomic mass is 9.86. The van der Waals surface area contributed by atoms with Crippen LogP contribution in [0.25, 0.3) is 10.9 Å². The third kappa shape index (κ3) is 3.91. The lowest BCUT2D eigenvalue weighted by Crippen LogP contribution is -2.57. The number of nitrogens with one attached hydrogen (secondary N) is 1. The predicted molar refractivity (Wildman–Crippen MR) is 114 cm³/mol. The van der Waals surface area contributed by atoms with E-state index in [9.17, 15) is 4.39 Å². The van der Waals surface area contributed by atoms with Crippen molar-refractivity contribution in [2.24, 2.45) is 5.73 Å². The summed E-state index contributed by atoms with van der Waals surface area (Å²) in [6, 6.07) is 8.91. The van der Waals surface area contributed by atoms with Crippen molar-refractivity contribution in [2.45, 2.75) is 50.2 Å². The summed E-state index contributed by atoms with van der Waals surface area (Å²) in [5.74, 6) is -0.131. The third-order valence-electron chi connectivity index (χ3n) is 6.30. The van der Waals surface area contributed by atoms with Crippen LogP contribution in [0, 0.1) is 5.82 Å². The molecular weight excluding hydrogens is 375 g/mol. The maximum atomic E-state index is 14.0. The fraction of sp³-hybridized carbons (Fsp3) is 0.455. The van der Waals surface area contributed by atoms with Crippen molar-refractivity contribution in [3.63, 3.8) is 0 Å². The van der Waals surface area contributed by atoms with E-state index < -0.39 is 0 Å². The third-order valence-corrected chi connectivity index (χ3v) is 6.41. The van der Waals surface area contributed by atoms with Crippen molar-refractivity contribution < 1.29 is 4.39 Å². The summed E-state index contributed by atoms with van der Waals surface area (Å²) in [6.45, 7) is 5.97. The summed E-state index contributed by atoms with van der Waals surface area (Å²) in [5.41, 5.74) is 7.25. The Bertz CT molecular complexity index is 878. The highest BCUT2D eigenvalue weighted by Crippen LogP contribution is 2.36. The molecule has 3 N–H and O–H groups in total. The van der Waals surface area contributed by atoms with E-state index in [0.29, 0.717) is 18.1 Å². The Morgan fingerprint density at radius 2 is 1.96 bits per heavy atom. The molecule has 4 nitrogen and oxygen atoms in total. The Kier molecular flexibility index (Phi) is 5.65. The summed E-state index contributed by atoms with van der Waals surface area (Å²) in [7, 11) is 0. The van der Waals surface area contributed by atoms with Gasteiger partial charge in [-0.15, -0.1) is 0 Å². The van der Waals surface area contributed by atoms with Gasteiger partial charge in [0.2, 0.25) is 0 Å². The van der Waals surface area contributed by atoms with Crippen molar-refractivity contribution in [1.29, 1.82) is 0 Å². The van der Waals surface area contributed by atoms with Crippen molar-refractivity contribution in [2.75, 3.05) is 13.1 Å². The molecule has 1 saturated heterocycles. The molecule has 6 heteroatoms. The first-order valence-electron chi connectivity index (χ1n) is 10.1. The maximum Gasteiger partial charge on any atom is 0.132 e. The number of benzene rings is 1. The van der Waals surface area contributed by atoms with E-state index in [0.717, 1.165) is 36.0 Å². The Hall–Kier alpha value is -1.98. The van der Waals surface area contributed by atoms with Gasteiger partial charge in [0, 0.05) is 48.5 Å². The van der Waals surface area contributed by atoms with Crippen molar-refractivity contribution >= 4 is 22.5 Å². The van der Waals surface area contributed by atoms with Gasteiger partial charge in [0.05, 0.1) is 5.52 Å². The zero-order valence-electron chi connectivity index (χ0n) is 16.1. The highest BCUT2D eigenvalue weighted by atomic mass is 35.5. The fourth-order valence-electron chi connectivity index (χ4n) is 4.76. The van der Waals surface area contributed by atoms with Crippen LogP contribution in [0.4, 0.5) is 4.39 Å². The molecule has 28 heavy (non-hydrogen) atoms. The van der Waals surface area contributed by atoms with Gasteiger partial charge in [-0.1, -0.05) is 24.2 Å². The van der Waals surface area contributed by atoms with Gasteiger partial charge < -0.3 is 15.6 Å². The second kappa shape index (κ2) is 8.18. The molecule has 0 amide bonds. The Morgan fingerprint density at radius 1 is 1.21 bits per heavy atom. The monoisotopic (exact) mass is 402 g/mol. The Labute approximate surface area is 170 Å². The number of halogens is 2. The standard InChI is InChI=1S/C22H28ClFN4/c1-15(13-22(23)25)26-14-18-9-11-27(18)16-5-7-17(8-6-16)28-12-10-19-20(24)3-2-4-21(19)28/h2-4,10,12-13,16-18,26H,1,5-9,11,14,25H2/b22-13-. The Balaban J connectivity index is 1.32. The van der Waals surface area contributed by atoms with Crippen molar-refractivity contribution in [3.8, 4) is 0 Å². The van der Waals surface area contributed by atoms with Gasteiger partial charge >= 0.3 is 0 Å². The average molecular weight is 403 g/mol. The molecule has 2 aliphatic rings. The first-order chi connectivity index (χ1) is 13.5. The number of hydrogen-bond acceptors (Lipinski definition) is 3. The van der Waals surface area contributed by atoms with E-state index in [1.54, 1.807) is 12.1 Å². The van der Waals surface area contributed by atoms with Gasteiger partial charge in [0.1, 0.15) is 11.0 Å². The van der Waals surface area contributed by atoms with Crippen LogP contribution in [0.3, 0.4) is 0 Å². The number of nitrogens with two attached hydrogens (primary N) is 1. The summed E-state index contributed by atoms with van der Waals surface area (Å²) < 4.78 is 16.3. The van der Waals surface area contributed by atoms with Crippen molar-refractivity contribution in [3.05, 3.63) is 59.8 Å². The normalized spacial score (nSPS) is 26.2. The molecule has 0 bridgehead atoms. The minimum atomic E-state index is -0.131. The molecule has 1 aromatic carbocycles. The molecule has 150 valence electrons. The summed E-state index contributed by atoms with van der Waals surface area (Å²) >= 11 is 5.69. The molecule has 1 saturated carbocycles. The number of nitrogens with zero attached hydrogens (tertiary/aromatic N) is 2. The number of likely N-dealkylation sites (tertiary alicyclic amines) is 1. The number of allylic oxidation sites excluding steroid dienone is 1. The smallest absolute Gasteiger partial charge is 0.132 e. The number of hydrogen-bond donors (Lipinski definition) is 2. The molecule has 0 radical (unpaired) electrons. The van der Waals surface area contributed by atoms with Gasteiger partial charge in [-0.05, 0) is 56.4 Å². The molecule has 4 rings (SSSR count). The van der Waals surface area contributed by atoms with Gasteiger partial charge in [-0.3, -0.25) is 4.90 Å². The molecule has 1 aliphatic heterocycles. The number of rotatable bonds is 6. The molecular formula is C22H28ClFN4. The van der Waals surface area contributed by atoms with Crippen LogP contribution in [0.15, 0.2) is 54.0 Å². The summed E-state index contributed by atoms with van der Waals surface area (Å²) in [5, 5.41) is 4.30. The van der Waals surface area contributed by atoms with E-state index in [4.69, 9.17) is 17.3 Å². The molecule has 2 heterocycles. The second-order valence-electron chi connectivity index (χ2n) is 7.97. The van der Waals surface area contributed by atoms with Gasteiger partial charge in [-0.25, -0.2) is 4.39 Å². The van der Waals surface area contributed by atoms with Crippen LogP contribution in [-0.2, 0) is 0 Å². The van der Waals surface area contributed by atoms with Crippen LogP contribution in [-0.4, -0.2) is 34.6 Å². The van der Waals surface area contributed by atoms with Crippen LogP contribution in [0.5, 0.6) is 0 Å². The lowest BCUT2D eigenvalue weighted by Gasteiger charge is -2.48. The van der Waals surface area contributed by atoms with Crippen LogP contribution >= 0.6 is 11.6 Å². The molecule has 1 unspecified atom stereocenters. The number of aromatic nitrogens is 1. The first-order valence-corrected chi connectivity index (χ1v) is 10.5. The quantitative estimate of drug-likeness (QED) is 0.553. The SMILES string of the molecule is C=C(/C=C(\N)Cl)NCC1CCN1C1CCC(n2ccc3c(F)cccc32)CC1. The molecule has 1 atom stereocenters. The van der Waals surface area contributed by atoms with Gasteiger partial charge in [-0.2, -0.15) is 0 Å². The second-order valence-corrected chi connectivity index (χ2v) is 8.41. The maximum absolute atomic E-state index is 14.0. The lowest BCUT2D eigenvalue weighted by molar-refractivity contribution is 0.0196. The van der Waals surface area contributed by atoms with E-state index in [1.807, 2.05) is 12.1 Å². The molecule has 2 fully saturated rings. The minimum absolute atomic E-state index is 0.131. The first kappa shape index (κ1) is 19.3. The number of fused-ring (bicyclic) bond motifs is 1. The van der Waals surface area contributed by atoms with Crippen LogP contribution < -0.4 is 11.1 Å². The van der Waals surface area contributed by atoms with Crippen LogP contribution in [0.2, 0.25) is 0 Å². The molecule has 1 aromatic heterocycles. The molecule has 2 aromatic rings. The van der Waals surface area contributed by atoms with Crippen LogP contribution in [0.1, 0.15) is 38.1 Å². The van der Waals surface area contributed by atoms with E-state index in [2.05, 4.69) is 27.6 Å². The largest absolute Gasteiger partial charge is 0.389 e. The van der Waals surface area contributed by atoms with Gasteiger partial charge in [0.25, 0.3) is 0 Å². The van der Waals surface area contributed by atoms with Gasteiger partial charge in [0.15, 0.2) is 0 Å². The fourth-order valence-corrected chi connectivity index (χ4v) is 4.90. The minimum Gasteiger partial charge on any atom is -0.389 e. The zero-order chi connectivity index (χ0) is 19.7. The molecule has 1 aliphatic carbocycles.